The summed E-state index contributed by atoms with van der Waals surface area (Å²) in [4.78, 5) is 0. The van der Waals surface area contributed by atoms with Crippen molar-refractivity contribution in [1.82, 2.24) is 0 Å². The number of hydrogen-bond acceptors (Lipinski definition) is 1. The molecular weight excluding hydrogens is 138 g/mol. The van der Waals surface area contributed by atoms with E-state index in [0.717, 1.165) is 17.7 Å². The van der Waals surface area contributed by atoms with Gasteiger partial charge in [0.2, 0.25) is 0 Å². The summed E-state index contributed by atoms with van der Waals surface area (Å²) >= 11 is 0. The highest BCUT2D eigenvalue weighted by Crippen LogP contribution is 2.07. The van der Waals surface area contributed by atoms with Gasteiger partial charge in [-0.1, -0.05) is 6.92 Å². The van der Waals surface area contributed by atoms with Gasteiger partial charge < -0.3 is 9.22 Å². The monoisotopic (exact) mass is 160 g/mol. The van der Waals surface area contributed by atoms with Crippen molar-refractivity contribution in [1.29, 1.82) is 0 Å². The van der Waals surface area contributed by atoms with Crippen molar-refractivity contribution in [3.63, 3.8) is 0 Å². The molecule has 0 amide bonds. The molecule has 0 fully saturated rings. The lowest BCUT2D eigenvalue weighted by molar-refractivity contribution is -0.896. The second-order valence-corrected chi connectivity index (χ2v) is 3.84. The number of hydrogen-bond donors (Lipinski definition) is 0. The molecular formula is C9H22NO+. The average Bonchev–Trinajstić information content (AvgIpc) is 1.87. The molecule has 0 saturated heterocycles. The van der Waals surface area contributed by atoms with Crippen LogP contribution in [0.5, 0.6) is 0 Å². The summed E-state index contributed by atoms with van der Waals surface area (Å²) in [5.41, 5.74) is 0. The van der Waals surface area contributed by atoms with Gasteiger partial charge in [0, 0.05) is 6.61 Å². The smallest absolute Gasteiger partial charge is 0.112 e. The summed E-state index contributed by atoms with van der Waals surface area (Å²) in [6, 6.07) is 0.634. The number of nitrogens with zero attached hydrogens (tertiary/aromatic N) is 1. The minimum atomic E-state index is 0.634. The quantitative estimate of drug-likeness (QED) is 0.554. The highest BCUT2D eigenvalue weighted by atomic mass is 16.5. The second-order valence-electron chi connectivity index (χ2n) is 3.84. The van der Waals surface area contributed by atoms with Gasteiger partial charge in [-0.15, -0.1) is 0 Å². The van der Waals surface area contributed by atoms with E-state index in [-0.39, 0.29) is 0 Å². The Kier molecular flexibility index (Phi) is 4.69. The van der Waals surface area contributed by atoms with Crippen molar-refractivity contribution < 1.29 is 9.22 Å². The molecule has 1 atom stereocenters. The Morgan fingerprint density at radius 2 is 1.73 bits per heavy atom. The Morgan fingerprint density at radius 1 is 1.18 bits per heavy atom. The van der Waals surface area contributed by atoms with Crippen LogP contribution < -0.4 is 0 Å². The van der Waals surface area contributed by atoms with E-state index in [2.05, 4.69) is 28.1 Å². The van der Waals surface area contributed by atoms with Crippen LogP contribution in [0.1, 0.15) is 20.3 Å². The Labute approximate surface area is 70.7 Å². The van der Waals surface area contributed by atoms with E-state index < -0.39 is 0 Å². The van der Waals surface area contributed by atoms with Crippen LogP contribution in [0.4, 0.5) is 0 Å². The Hall–Kier alpha value is -0.0800. The van der Waals surface area contributed by atoms with E-state index in [1.54, 1.807) is 0 Å². The van der Waals surface area contributed by atoms with Crippen LogP contribution in [0.3, 0.4) is 0 Å². The maximum Gasteiger partial charge on any atom is 0.112 e. The Bertz CT molecular complexity index is 96.2. The molecule has 0 saturated carbocycles. The first-order chi connectivity index (χ1) is 5.02. The molecule has 0 spiro atoms. The molecule has 1 unspecified atom stereocenters. The first kappa shape index (κ1) is 10.9. The molecule has 0 aromatic carbocycles. The second kappa shape index (κ2) is 4.73. The molecule has 0 bridgehead atoms. The van der Waals surface area contributed by atoms with Gasteiger partial charge >= 0.3 is 0 Å². The number of rotatable bonds is 5. The molecule has 0 aliphatic rings. The zero-order chi connectivity index (χ0) is 8.91. The third kappa shape index (κ3) is 4.38. The molecule has 0 radical (unpaired) electrons. The van der Waals surface area contributed by atoms with Crippen LogP contribution in [-0.2, 0) is 4.74 Å². The standard InChI is InChI=1S/C9H22NO/c1-6-9(8-11-7-2)10(3,4)5/h9H,6-8H2,1-5H3/q+1. The summed E-state index contributed by atoms with van der Waals surface area (Å²) in [5, 5.41) is 0. The Morgan fingerprint density at radius 3 is 2.00 bits per heavy atom. The van der Waals surface area contributed by atoms with E-state index in [0.29, 0.717) is 6.04 Å². The first-order valence-corrected chi connectivity index (χ1v) is 4.41. The lowest BCUT2D eigenvalue weighted by Gasteiger charge is -2.33. The molecule has 2 heteroatoms. The van der Waals surface area contributed by atoms with E-state index >= 15 is 0 Å². The summed E-state index contributed by atoms with van der Waals surface area (Å²) in [5.74, 6) is 0. The lowest BCUT2D eigenvalue weighted by atomic mass is 10.2. The predicted molar refractivity (Wildman–Crippen MR) is 48.6 cm³/mol. The van der Waals surface area contributed by atoms with Gasteiger partial charge in [-0.2, -0.15) is 0 Å². The fourth-order valence-corrected chi connectivity index (χ4v) is 1.14. The zero-order valence-corrected chi connectivity index (χ0v) is 8.55. The van der Waals surface area contributed by atoms with Gasteiger partial charge in [-0.05, 0) is 13.3 Å². The van der Waals surface area contributed by atoms with Gasteiger partial charge in [0.05, 0.1) is 27.7 Å². The summed E-state index contributed by atoms with van der Waals surface area (Å²) in [6.07, 6.45) is 1.18. The van der Waals surface area contributed by atoms with Gasteiger partial charge in [-0.3, -0.25) is 0 Å². The highest BCUT2D eigenvalue weighted by Gasteiger charge is 2.20. The highest BCUT2D eigenvalue weighted by molar-refractivity contribution is 4.52. The van der Waals surface area contributed by atoms with Crippen LogP contribution in [0, 0.1) is 0 Å². The first-order valence-electron chi connectivity index (χ1n) is 4.41. The summed E-state index contributed by atoms with van der Waals surface area (Å²) in [7, 11) is 6.65. The van der Waals surface area contributed by atoms with Crippen molar-refractivity contribution in [2.24, 2.45) is 0 Å². The molecule has 2 nitrogen and oxygen atoms in total. The average molecular weight is 160 g/mol. The van der Waals surface area contributed by atoms with Crippen LogP contribution >= 0.6 is 0 Å². The molecule has 0 aliphatic heterocycles. The topological polar surface area (TPSA) is 9.23 Å². The van der Waals surface area contributed by atoms with Crippen LogP contribution in [-0.4, -0.2) is 44.9 Å². The molecule has 11 heavy (non-hydrogen) atoms. The molecule has 0 aliphatic carbocycles. The van der Waals surface area contributed by atoms with Crippen molar-refractivity contribution in [2.75, 3.05) is 34.4 Å². The number of likely N-dealkylation sites (N-methyl/N-ethyl adjacent to an activating group) is 1. The van der Waals surface area contributed by atoms with E-state index in [4.69, 9.17) is 4.74 Å². The zero-order valence-electron chi connectivity index (χ0n) is 8.55. The molecule has 0 aromatic heterocycles. The summed E-state index contributed by atoms with van der Waals surface area (Å²) < 4.78 is 6.39. The number of quaternary nitrogens is 1. The Balaban J connectivity index is 3.76. The largest absolute Gasteiger partial charge is 0.376 e. The number of ether oxygens (including phenoxy) is 1. The third-order valence-electron chi connectivity index (χ3n) is 2.08. The van der Waals surface area contributed by atoms with Gasteiger partial charge in [0.15, 0.2) is 0 Å². The predicted octanol–water partition coefficient (Wildman–Crippen LogP) is 1.51. The van der Waals surface area contributed by atoms with Crippen molar-refractivity contribution in [3.05, 3.63) is 0 Å². The van der Waals surface area contributed by atoms with E-state index in [1.807, 2.05) is 6.92 Å². The van der Waals surface area contributed by atoms with Crippen LogP contribution in [0.2, 0.25) is 0 Å². The van der Waals surface area contributed by atoms with Crippen molar-refractivity contribution in [2.45, 2.75) is 26.3 Å². The van der Waals surface area contributed by atoms with Crippen LogP contribution in [0.15, 0.2) is 0 Å². The molecule has 0 N–H and O–H groups in total. The van der Waals surface area contributed by atoms with E-state index in [9.17, 15) is 0 Å². The SMILES string of the molecule is CCOCC(CC)[N+](C)(C)C. The molecule has 0 aromatic rings. The van der Waals surface area contributed by atoms with Gasteiger partial charge in [0.25, 0.3) is 0 Å². The lowest BCUT2D eigenvalue weighted by Crippen LogP contribution is -2.47. The summed E-state index contributed by atoms with van der Waals surface area (Å²) in [6.45, 7) is 5.97. The van der Waals surface area contributed by atoms with Crippen molar-refractivity contribution >= 4 is 0 Å². The molecule has 68 valence electrons. The normalized spacial score (nSPS) is 15.0. The molecule has 0 rings (SSSR count). The fourth-order valence-electron chi connectivity index (χ4n) is 1.14. The molecule has 0 heterocycles. The minimum Gasteiger partial charge on any atom is -0.376 e. The maximum atomic E-state index is 5.40. The minimum absolute atomic E-state index is 0.634. The van der Waals surface area contributed by atoms with Gasteiger partial charge in [-0.25, -0.2) is 0 Å². The van der Waals surface area contributed by atoms with Crippen molar-refractivity contribution in [3.8, 4) is 0 Å². The maximum absolute atomic E-state index is 5.40. The third-order valence-corrected chi connectivity index (χ3v) is 2.08. The fraction of sp³-hybridized carbons (Fsp3) is 1.00. The van der Waals surface area contributed by atoms with Crippen LogP contribution in [0.25, 0.3) is 0 Å². The van der Waals surface area contributed by atoms with Gasteiger partial charge in [0.1, 0.15) is 6.04 Å². The van der Waals surface area contributed by atoms with E-state index in [1.165, 1.54) is 6.42 Å².